The van der Waals surface area contributed by atoms with Gasteiger partial charge in [0.05, 0.1) is 12.2 Å². The minimum absolute atomic E-state index is 0.381. The lowest BCUT2D eigenvalue weighted by molar-refractivity contribution is 0.0696. The number of hydrogen-bond acceptors (Lipinski definition) is 4. The Hall–Kier alpha value is -1.58. The predicted octanol–water partition coefficient (Wildman–Crippen LogP) is 0.322. The Morgan fingerprint density at radius 1 is 1.42 bits per heavy atom. The van der Waals surface area contributed by atoms with Crippen LogP contribution < -0.4 is 4.72 Å². The van der Waals surface area contributed by atoms with E-state index in [0.717, 1.165) is 0 Å². The molecule has 1 rings (SSSR count). The van der Waals surface area contributed by atoms with Crippen molar-refractivity contribution in [3.05, 3.63) is 29.3 Å². The second kappa shape index (κ2) is 5.59. The number of carboxylic acids is 1. The SMILES string of the molecule is C[C@H](CO)NS(=O)(=O)c1cc(C(=O)O)cc(F)c1F. The van der Waals surface area contributed by atoms with Crippen LogP contribution in [0.2, 0.25) is 0 Å². The van der Waals surface area contributed by atoms with E-state index in [1.165, 1.54) is 6.92 Å². The van der Waals surface area contributed by atoms with Gasteiger partial charge in [-0.15, -0.1) is 0 Å². The summed E-state index contributed by atoms with van der Waals surface area (Å²) in [5.41, 5.74) is -0.698. The van der Waals surface area contributed by atoms with E-state index < -0.39 is 50.7 Å². The van der Waals surface area contributed by atoms with E-state index >= 15 is 0 Å². The van der Waals surface area contributed by atoms with Crippen LogP contribution in [0.15, 0.2) is 17.0 Å². The van der Waals surface area contributed by atoms with E-state index in [0.29, 0.717) is 12.1 Å². The summed E-state index contributed by atoms with van der Waals surface area (Å²) in [6.45, 7) is 0.745. The van der Waals surface area contributed by atoms with Gasteiger partial charge < -0.3 is 10.2 Å². The third-order valence-electron chi connectivity index (χ3n) is 2.16. The molecule has 0 heterocycles. The number of carboxylic acid groups (broad SMARTS) is 1. The van der Waals surface area contributed by atoms with Crippen LogP contribution in [-0.4, -0.2) is 37.2 Å². The van der Waals surface area contributed by atoms with Crippen LogP contribution in [0.1, 0.15) is 17.3 Å². The minimum Gasteiger partial charge on any atom is -0.478 e. The summed E-state index contributed by atoms with van der Waals surface area (Å²) in [6, 6.07) is -0.0415. The van der Waals surface area contributed by atoms with E-state index in [-0.39, 0.29) is 0 Å². The van der Waals surface area contributed by atoms with Gasteiger partial charge in [-0.25, -0.2) is 26.7 Å². The molecular weight excluding hydrogens is 284 g/mol. The molecular formula is C10H11F2NO5S. The standard InChI is InChI=1S/C10H11F2NO5S/c1-5(4-14)13-19(17,18)8-3-6(10(15)16)2-7(11)9(8)12/h2-3,5,13-14H,4H2,1H3,(H,15,16)/t5-/m1/s1. The molecule has 0 saturated carbocycles. The number of halogens is 2. The third-order valence-corrected chi connectivity index (χ3v) is 3.75. The average molecular weight is 295 g/mol. The smallest absolute Gasteiger partial charge is 0.335 e. The van der Waals surface area contributed by atoms with E-state index in [2.05, 4.69) is 0 Å². The molecule has 1 aromatic rings. The molecule has 0 radical (unpaired) electrons. The van der Waals surface area contributed by atoms with Gasteiger partial charge in [-0.3, -0.25) is 0 Å². The Kier molecular flexibility index (Phi) is 4.56. The average Bonchev–Trinajstić information content (AvgIpc) is 2.31. The van der Waals surface area contributed by atoms with Crippen molar-refractivity contribution in [2.24, 2.45) is 0 Å². The van der Waals surface area contributed by atoms with Crippen LogP contribution in [0.25, 0.3) is 0 Å². The Balaban J connectivity index is 3.37. The van der Waals surface area contributed by atoms with E-state index in [9.17, 15) is 22.0 Å². The molecule has 0 aliphatic carbocycles. The minimum atomic E-state index is -4.47. The summed E-state index contributed by atoms with van der Waals surface area (Å²) in [4.78, 5) is 9.56. The number of rotatable bonds is 5. The first-order chi connectivity index (χ1) is 8.69. The van der Waals surface area contributed by atoms with Gasteiger partial charge in [-0.2, -0.15) is 0 Å². The Labute approximate surface area is 107 Å². The normalized spacial score (nSPS) is 13.3. The third kappa shape index (κ3) is 3.46. The molecule has 0 spiro atoms. The van der Waals surface area contributed by atoms with Gasteiger partial charge in [-0.1, -0.05) is 0 Å². The monoisotopic (exact) mass is 295 g/mol. The number of nitrogens with one attached hydrogen (secondary N) is 1. The Morgan fingerprint density at radius 2 is 2.00 bits per heavy atom. The molecule has 0 saturated heterocycles. The lowest BCUT2D eigenvalue weighted by Gasteiger charge is -2.12. The molecule has 1 aromatic carbocycles. The van der Waals surface area contributed by atoms with Gasteiger partial charge >= 0.3 is 5.97 Å². The largest absolute Gasteiger partial charge is 0.478 e. The van der Waals surface area contributed by atoms with Crippen molar-refractivity contribution >= 4 is 16.0 Å². The molecule has 6 nitrogen and oxygen atoms in total. The van der Waals surface area contributed by atoms with Gasteiger partial charge in [0.1, 0.15) is 4.90 Å². The van der Waals surface area contributed by atoms with E-state index in [1.807, 2.05) is 4.72 Å². The fourth-order valence-electron chi connectivity index (χ4n) is 1.25. The summed E-state index contributed by atoms with van der Waals surface area (Å²) < 4.78 is 51.9. The zero-order valence-corrected chi connectivity index (χ0v) is 10.5. The summed E-state index contributed by atoms with van der Waals surface area (Å²) >= 11 is 0. The van der Waals surface area contributed by atoms with E-state index in [4.69, 9.17) is 10.2 Å². The quantitative estimate of drug-likeness (QED) is 0.726. The van der Waals surface area contributed by atoms with Gasteiger partial charge in [-0.05, 0) is 19.1 Å². The second-order valence-corrected chi connectivity index (χ2v) is 5.46. The lowest BCUT2D eigenvalue weighted by atomic mass is 10.2. The number of carbonyl (C=O) groups is 1. The number of aliphatic hydroxyl groups excluding tert-OH is 1. The zero-order valence-electron chi connectivity index (χ0n) is 9.72. The Bertz CT molecular complexity index is 602. The topological polar surface area (TPSA) is 104 Å². The molecule has 0 amide bonds. The summed E-state index contributed by atoms with van der Waals surface area (Å²) in [5.74, 6) is -4.86. The maximum absolute atomic E-state index is 13.4. The van der Waals surface area contributed by atoms with Crippen molar-refractivity contribution in [1.29, 1.82) is 0 Å². The molecule has 0 fully saturated rings. The van der Waals surface area contributed by atoms with Gasteiger partial charge in [0.15, 0.2) is 11.6 Å². The summed E-state index contributed by atoms with van der Waals surface area (Å²) in [5, 5.41) is 17.4. The van der Waals surface area contributed by atoms with Crippen molar-refractivity contribution in [2.75, 3.05) is 6.61 Å². The molecule has 0 unspecified atom stereocenters. The molecule has 0 bridgehead atoms. The molecule has 3 N–H and O–H groups in total. The molecule has 1 atom stereocenters. The van der Waals surface area contributed by atoms with Gasteiger partial charge in [0.25, 0.3) is 0 Å². The molecule has 19 heavy (non-hydrogen) atoms. The van der Waals surface area contributed by atoms with Crippen molar-refractivity contribution < 1.29 is 32.2 Å². The maximum Gasteiger partial charge on any atom is 0.335 e. The number of aliphatic hydroxyl groups is 1. The Morgan fingerprint density at radius 3 is 2.47 bits per heavy atom. The summed E-state index contributed by atoms with van der Waals surface area (Å²) in [7, 11) is -4.47. The first-order valence-electron chi connectivity index (χ1n) is 5.04. The second-order valence-electron chi connectivity index (χ2n) is 3.78. The molecule has 106 valence electrons. The first-order valence-corrected chi connectivity index (χ1v) is 6.53. The van der Waals surface area contributed by atoms with Gasteiger partial charge in [0.2, 0.25) is 10.0 Å². The highest BCUT2D eigenvalue weighted by Crippen LogP contribution is 2.20. The number of sulfonamides is 1. The fourth-order valence-corrected chi connectivity index (χ4v) is 2.60. The number of benzene rings is 1. The summed E-state index contributed by atoms with van der Waals surface area (Å²) in [6.07, 6.45) is 0. The van der Waals surface area contributed by atoms with Crippen molar-refractivity contribution in [2.45, 2.75) is 17.9 Å². The van der Waals surface area contributed by atoms with Crippen LogP contribution >= 0.6 is 0 Å². The van der Waals surface area contributed by atoms with Crippen LogP contribution in [0.5, 0.6) is 0 Å². The molecule has 0 aliphatic rings. The first kappa shape index (κ1) is 15.5. The lowest BCUT2D eigenvalue weighted by Crippen LogP contribution is -2.35. The van der Waals surface area contributed by atoms with Crippen LogP contribution in [0.4, 0.5) is 8.78 Å². The van der Waals surface area contributed by atoms with Crippen molar-refractivity contribution in [1.82, 2.24) is 4.72 Å². The van der Waals surface area contributed by atoms with Crippen LogP contribution in [-0.2, 0) is 10.0 Å². The highest BCUT2D eigenvalue weighted by atomic mass is 32.2. The molecule has 0 aliphatic heterocycles. The zero-order chi connectivity index (χ0) is 14.8. The number of hydrogen-bond donors (Lipinski definition) is 3. The molecule has 0 aromatic heterocycles. The van der Waals surface area contributed by atoms with Crippen LogP contribution in [0.3, 0.4) is 0 Å². The van der Waals surface area contributed by atoms with Crippen molar-refractivity contribution in [3.8, 4) is 0 Å². The highest BCUT2D eigenvalue weighted by molar-refractivity contribution is 7.89. The number of aromatic carboxylic acids is 1. The van der Waals surface area contributed by atoms with Crippen molar-refractivity contribution in [3.63, 3.8) is 0 Å². The van der Waals surface area contributed by atoms with Crippen LogP contribution in [0, 0.1) is 11.6 Å². The predicted molar refractivity (Wildman–Crippen MR) is 60.2 cm³/mol. The van der Waals surface area contributed by atoms with Gasteiger partial charge in [0, 0.05) is 6.04 Å². The fraction of sp³-hybridized carbons (Fsp3) is 0.300. The van der Waals surface area contributed by atoms with E-state index in [1.54, 1.807) is 0 Å². The molecule has 9 heteroatoms. The maximum atomic E-state index is 13.4. The highest BCUT2D eigenvalue weighted by Gasteiger charge is 2.25.